The first kappa shape index (κ1) is 13.7. The molecule has 17 heavy (non-hydrogen) atoms. The summed E-state index contributed by atoms with van der Waals surface area (Å²) in [6, 6.07) is -0.686. The number of H-pyrrole nitrogens is 1. The molecule has 96 valence electrons. The van der Waals surface area contributed by atoms with E-state index in [1.165, 1.54) is 7.05 Å². The highest BCUT2D eigenvalue weighted by Gasteiger charge is 2.31. The SMILES string of the molecule is Cc1n[nH]c(C)c1S(=O)(=O)N(C)C(C)C(=N)N. The molecule has 0 aliphatic carbocycles. The summed E-state index contributed by atoms with van der Waals surface area (Å²) in [7, 11) is -2.29. The van der Waals surface area contributed by atoms with Crippen LogP contribution >= 0.6 is 0 Å². The number of sulfonamides is 1. The number of rotatable bonds is 4. The lowest BCUT2D eigenvalue weighted by molar-refractivity contribution is 0.447. The molecule has 0 saturated heterocycles. The van der Waals surface area contributed by atoms with Crippen LogP contribution in [0, 0.1) is 19.3 Å². The molecule has 0 aliphatic heterocycles. The number of nitrogens with two attached hydrogens (primary N) is 1. The average Bonchev–Trinajstić information content (AvgIpc) is 2.56. The van der Waals surface area contributed by atoms with Crippen LogP contribution in [0.25, 0.3) is 0 Å². The zero-order valence-corrected chi connectivity index (χ0v) is 11.1. The number of hydrogen-bond acceptors (Lipinski definition) is 4. The molecule has 0 fully saturated rings. The monoisotopic (exact) mass is 259 g/mol. The average molecular weight is 259 g/mol. The standard InChI is InChI=1S/C9H17N5O2S/c1-5-8(6(2)13-12-5)17(15,16)14(4)7(3)9(10)11/h7H,1-4H3,(H3,10,11)(H,12,13). The Balaban J connectivity index is 3.26. The van der Waals surface area contributed by atoms with E-state index in [1.807, 2.05) is 0 Å². The van der Waals surface area contributed by atoms with Gasteiger partial charge >= 0.3 is 0 Å². The summed E-state index contributed by atoms with van der Waals surface area (Å²) in [6.07, 6.45) is 0. The largest absolute Gasteiger partial charge is 0.386 e. The van der Waals surface area contributed by atoms with Gasteiger partial charge in [-0.05, 0) is 20.8 Å². The first-order valence-corrected chi connectivity index (χ1v) is 6.47. The normalized spacial score (nSPS) is 13.9. The molecular weight excluding hydrogens is 242 g/mol. The van der Waals surface area contributed by atoms with Crippen LogP contribution in [0.3, 0.4) is 0 Å². The van der Waals surface area contributed by atoms with Crippen molar-refractivity contribution in [3.8, 4) is 0 Å². The summed E-state index contributed by atoms with van der Waals surface area (Å²) in [5.41, 5.74) is 6.20. The Hall–Kier alpha value is -1.41. The second-order valence-electron chi connectivity index (χ2n) is 3.92. The summed E-state index contributed by atoms with van der Waals surface area (Å²) in [6.45, 7) is 4.81. The Morgan fingerprint density at radius 3 is 2.41 bits per heavy atom. The number of aromatic nitrogens is 2. The van der Waals surface area contributed by atoms with Crippen LogP contribution in [0.15, 0.2) is 4.90 Å². The number of likely N-dealkylation sites (N-methyl/N-ethyl adjacent to an activating group) is 1. The highest BCUT2D eigenvalue weighted by atomic mass is 32.2. The van der Waals surface area contributed by atoms with Gasteiger partial charge in [0, 0.05) is 7.05 Å². The molecule has 0 radical (unpaired) electrons. The second-order valence-corrected chi connectivity index (χ2v) is 5.85. The van der Waals surface area contributed by atoms with Gasteiger partial charge in [0.25, 0.3) is 0 Å². The second kappa shape index (κ2) is 4.46. The van der Waals surface area contributed by atoms with Crippen LogP contribution in [0.4, 0.5) is 0 Å². The summed E-state index contributed by atoms with van der Waals surface area (Å²) in [5.74, 6) is -0.199. The molecule has 0 aromatic carbocycles. The minimum atomic E-state index is -3.68. The predicted octanol–water partition coefficient (Wildman–Crippen LogP) is -0.0285. The molecule has 8 heteroatoms. The highest BCUT2D eigenvalue weighted by Crippen LogP contribution is 2.21. The van der Waals surface area contributed by atoms with Gasteiger partial charge in [0.1, 0.15) is 10.7 Å². The molecule has 4 N–H and O–H groups in total. The molecule has 0 amide bonds. The number of aryl methyl sites for hydroxylation is 2. The van der Waals surface area contributed by atoms with Crippen molar-refractivity contribution in [3.05, 3.63) is 11.4 Å². The van der Waals surface area contributed by atoms with E-state index in [9.17, 15) is 8.42 Å². The molecule has 1 aromatic rings. The zero-order chi connectivity index (χ0) is 13.4. The molecule has 0 aliphatic rings. The van der Waals surface area contributed by atoms with Crippen molar-refractivity contribution in [2.75, 3.05) is 7.05 Å². The van der Waals surface area contributed by atoms with Gasteiger partial charge in [-0.3, -0.25) is 10.5 Å². The van der Waals surface area contributed by atoms with Crippen LogP contribution in [-0.4, -0.2) is 41.8 Å². The van der Waals surface area contributed by atoms with E-state index in [0.717, 1.165) is 4.31 Å². The molecule has 0 saturated carbocycles. The van der Waals surface area contributed by atoms with Gasteiger partial charge in [0.2, 0.25) is 10.0 Å². The molecule has 1 aromatic heterocycles. The topological polar surface area (TPSA) is 116 Å². The van der Waals surface area contributed by atoms with Crippen LogP contribution < -0.4 is 5.73 Å². The van der Waals surface area contributed by atoms with Gasteiger partial charge in [-0.15, -0.1) is 0 Å². The zero-order valence-electron chi connectivity index (χ0n) is 10.3. The van der Waals surface area contributed by atoms with Gasteiger partial charge in [0.05, 0.1) is 17.4 Å². The van der Waals surface area contributed by atoms with E-state index in [2.05, 4.69) is 10.2 Å². The van der Waals surface area contributed by atoms with Crippen molar-refractivity contribution in [2.45, 2.75) is 31.7 Å². The molecule has 1 rings (SSSR count). The Labute approximate surface area is 101 Å². The van der Waals surface area contributed by atoms with Gasteiger partial charge < -0.3 is 5.73 Å². The van der Waals surface area contributed by atoms with Crippen LogP contribution in [0.1, 0.15) is 18.3 Å². The maximum absolute atomic E-state index is 12.3. The number of aromatic amines is 1. The van der Waals surface area contributed by atoms with Crippen molar-refractivity contribution in [2.24, 2.45) is 5.73 Å². The van der Waals surface area contributed by atoms with E-state index < -0.39 is 16.1 Å². The molecule has 0 bridgehead atoms. The summed E-state index contributed by atoms with van der Waals surface area (Å²) >= 11 is 0. The fraction of sp³-hybridized carbons (Fsp3) is 0.556. The fourth-order valence-corrected chi connectivity index (χ4v) is 3.14. The van der Waals surface area contributed by atoms with E-state index >= 15 is 0 Å². The molecular formula is C9H17N5O2S. The number of hydrogen-bond donors (Lipinski definition) is 3. The van der Waals surface area contributed by atoms with Crippen LogP contribution in [0.5, 0.6) is 0 Å². The first-order chi connectivity index (χ1) is 7.69. The smallest absolute Gasteiger partial charge is 0.247 e. The summed E-state index contributed by atoms with van der Waals surface area (Å²) in [4.78, 5) is 0.146. The summed E-state index contributed by atoms with van der Waals surface area (Å²) < 4.78 is 25.7. The third-order valence-corrected chi connectivity index (χ3v) is 4.89. The van der Waals surface area contributed by atoms with Crippen molar-refractivity contribution in [1.82, 2.24) is 14.5 Å². The lowest BCUT2D eigenvalue weighted by Crippen LogP contribution is -2.43. The van der Waals surface area contributed by atoms with E-state index in [0.29, 0.717) is 11.4 Å². The Kier molecular flexibility index (Phi) is 3.58. The van der Waals surface area contributed by atoms with Gasteiger partial charge in [-0.2, -0.15) is 9.40 Å². The van der Waals surface area contributed by atoms with Gasteiger partial charge in [0.15, 0.2) is 0 Å². The summed E-state index contributed by atoms with van der Waals surface area (Å²) in [5, 5.41) is 13.8. The van der Waals surface area contributed by atoms with E-state index in [1.54, 1.807) is 20.8 Å². The van der Waals surface area contributed by atoms with Crippen molar-refractivity contribution < 1.29 is 8.42 Å². The van der Waals surface area contributed by atoms with Crippen LogP contribution in [-0.2, 0) is 10.0 Å². The quantitative estimate of drug-likeness (QED) is 0.520. The molecule has 1 heterocycles. The molecule has 1 atom stereocenters. The maximum atomic E-state index is 12.3. The lowest BCUT2D eigenvalue weighted by Gasteiger charge is -2.23. The number of amidine groups is 1. The highest BCUT2D eigenvalue weighted by molar-refractivity contribution is 7.89. The fourth-order valence-electron chi connectivity index (χ4n) is 1.47. The van der Waals surface area contributed by atoms with Gasteiger partial charge in [-0.25, -0.2) is 8.42 Å². The minimum Gasteiger partial charge on any atom is -0.386 e. The third kappa shape index (κ3) is 2.32. The first-order valence-electron chi connectivity index (χ1n) is 5.03. The van der Waals surface area contributed by atoms with Crippen LogP contribution in [0.2, 0.25) is 0 Å². The Morgan fingerprint density at radius 2 is 2.06 bits per heavy atom. The van der Waals surface area contributed by atoms with E-state index in [-0.39, 0.29) is 10.7 Å². The predicted molar refractivity (Wildman–Crippen MR) is 64.4 cm³/mol. The van der Waals surface area contributed by atoms with Crippen molar-refractivity contribution in [1.29, 1.82) is 5.41 Å². The number of nitrogens with zero attached hydrogens (tertiary/aromatic N) is 2. The van der Waals surface area contributed by atoms with E-state index in [4.69, 9.17) is 11.1 Å². The molecule has 1 unspecified atom stereocenters. The maximum Gasteiger partial charge on any atom is 0.247 e. The van der Waals surface area contributed by atoms with Crippen molar-refractivity contribution >= 4 is 15.9 Å². The molecule has 0 spiro atoms. The Bertz CT molecular complexity index is 514. The molecule has 7 nitrogen and oxygen atoms in total. The lowest BCUT2D eigenvalue weighted by atomic mass is 10.3. The van der Waals surface area contributed by atoms with Crippen molar-refractivity contribution in [3.63, 3.8) is 0 Å². The van der Waals surface area contributed by atoms with Gasteiger partial charge in [-0.1, -0.05) is 0 Å². The Morgan fingerprint density at radius 1 is 1.53 bits per heavy atom. The third-order valence-electron chi connectivity index (χ3n) is 2.69. The minimum absolute atomic E-state index is 0.146. The number of nitrogens with one attached hydrogen (secondary N) is 2.